The summed E-state index contributed by atoms with van der Waals surface area (Å²) in [5.41, 5.74) is 1.13. The Balaban J connectivity index is 2.81. The van der Waals surface area contributed by atoms with E-state index in [0.29, 0.717) is 0 Å². The summed E-state index contributed by atoms with van der Waals surface area (Å²) in [6.45, 7) is 1.62. The maximum absolute atomic E-state index is 11.2. The molecule has 0 N–H and O–H groups in total. The summed E-state index contributed by atoms with van der Waals surface area (Å²) in [6.07, 6.45) is 0. The van der Waals surface area contributed by atoms with Gasteiger partial charge in [0.25, 0.3) is 0 Å². The number of hydrogen-bond donors (Lipinski definition) is 0. The van der Waals surface area contributed by atoms with Crippen molar-refractivity contribution in [3.8, 4) is 0 Å². The highest BCUT2D eigenvalue weighted by atomic mass is 79.9. The third-order valence-electron chi connectivity index (χ3n) is 1.91. The van der Waals surface area contributed by atoms with E-state index in [1.165, 1.54) is 9.40 Å². The van der Waals surface area contributed by atoms with Gasteiger partial charge in [-0.25, -0.2) is 0 Å². The molecule has 0 amide bonds. The minimum absolute atomic E-state index is 0.165. The van der Waals surface area contributed by atoms with Gasteiger partial charge in [0.2, 0.25) is 0 Å². The van der Waals surface area contributed by atoms with Gasteiger partial charge in [-0.15, -0.1) is 22.7 Å². The van der Waals surface area contributed by atoms with Crippen molar-refractivity contribution in [1.82, 2.24) is 0 Å². The molecule has 0 spiro atoms. The number of fused-ring (bicyclic) bond motifs is 1. The molecule has 0 bridgehead atoms. The van der Waals surface area contributed by atoms with Crippen molar-refractivity contribution in [2.45, 2.75) is 6.92 Å². The van der Waals surface area contributed by atoms with Crippen molar-refractivity contribution in [3.63, 3.8) is 0 Å². The van der Waals surface area contributed by atoms with Gasteiger partial charge < -0.3 is 0 Å². The molecule has 0 aliphatic heterocycles. The molecule has 13 heavy (non-hydrogen) atoms. The minimum atomic E-state index is 0.165. The number of hydrogen-bond acceptors (Lipinski definition) is 3. The summed E-state index contributed by atoms with van der Waals surface area (Å²) >= 11 is 6.74. The normalized spacial score (nSPS) is 10.9. The predicted octanol–water partition coefficient (Wildman–Crippen LogP) is 2.19. The van der Waals surface area contributed by atoms with Gasteiger partial charge in [-0.2, -0.15) is 0 Å². The smallest absolute Gasteiger partial charge is 0.169 e. The van der Waals surface area contributed by atoms with Crippen molar-refractivity contribution in [3.05, 3.63) is 14.7 Å². The van der Waals surface area contributed by atoms with Gasteiger partial charge >= 0.3 is 0 Å². The molecule has 0 radical (unpaired) electrons. The van der Waals surface area contributed by atoms with Crippen LogP contribution >= 0.6 is 38.6 Å². The van der Waals surface area contributed by atoms with E-state index in [1.807, 2.05) is 7.85 Å². The fourth-order valence-electron chi connectivity index (χ4n) is 1.30. The Hall–Kier alpha value is -0.125. The van der Waals surface area contributed by atoms with Crippen LogP contribution in [0.4, 0.5) is 0 Å². The lowest BCUT2D eigenvalue weighted by Crippen LogP contribution is -2.08. The molecule has 0 atom stereocenters. The van der Waals surface area contributed by atoms with Crippen molar-refractivity contribution < 1.29 is 4.79 Å². The van der Waals surface area contributed by atoms with Crippen molar-refractivity contribution >= 4 is 67.1 Å². The lowest BCUT2D eigenvalue weighted by atomic mass is 9.95. The molecule has 2 aromatic rings. The van der Waals surface area contributed by atoms with E-state index in [0.717, 1.165) is 14.8 Å². The summed E-state index contributed by atoms with van der Waals surface area (Å²) in [4.78, 5) is 12.1. The van der Waals surface area contributed by atoms with E-state index in [2.05, 4.69) is 21.3 Å². The van der Waals surface area contributed by atoms with Crippen LogP contribution < -0.4 is 5.46 Å². The van der Waals surface area contributed by atoms with Gasteiger partial charge in [-0.3, -0.25) is 4.79 Å². The first-order valence-corrected chi connectivity index (χ1v) is 6.27. The number of rotatable bonds is 1. The fourth-order valence-corrected chi connectivity index (χ4v) is 4.40. The summed E-state index contributed by atoms with van der Waals surface area (Å²) in [5.74, 6) is 0.165. The Kier molecular flexibility index (Phi) is 2.34. The van der Waals surface area contributed by atoms with Crippen molar-refractivity contribution in [1.29, 1.82) is 0 Å². The molecule has 1 nitrogen and oxygen atoms in total. The second kappa shape index (κ2) is 3.22. The lowest BCUT2D eigenvalue weighted by molar-refractivity contribution is 0.102. The van der Waals surface area contributed by atoms with E-state index < -0.39 is 0 Å². The molecule has 0 aliphatic carbocycles. The molecule has 0 unspecified atom stereocenters. The summed E-state index contributed by atoms with van der Waals surface area (Å²) in [6, 6.07) is 0. The van der Waals surface area contributed by atoms with Crippen LogP contribution in [0.2, 0.25) is 0 Å². The molecule has 66 valence electrons. The molecule has 2 aromatic heterocycles. The molecule has 0 saturated heterocycles. The maximum atomic E-state index is 11.2. The third kappa shape index (κ3) is 1.39. The number of halogens is 1. The van der Waals surface area contributed by atoms with Crippen LogP contribution in [-0.4, -0.2) is 13.6 Å². The van der Waals surface area contributed by atoms with E-state index in [9.17, 15) is 4.79 Å². The SMILES string of the molecule is Bc1c(C(C)=O)sc2c(Br)csc12. The Morgan fingerprint density at radius 3 is 2.77 bits per heavy atom. The average Bonchev–Trinajstić information content (AvgIpc) is 2.55. The van der Waals surface area contributed by atoms with Crippen LogP contribution in [0, 0.1) is 0 Å². The predicted molar refractivity (Wildman–Crippen MR) is 65.6 cm³/mol. The number of carbonyl (C=O) groups excluding carboxylic acids is 1. The number of thiophene rings is 2. The van der Waals surface area contributed by atoms with Crippen molar-refractivity contribution in [2.75, 3.05) is 0 Å². The number of Topliss-reactive ketones (excluding diaryl/α,β-unsaturated/α-hetero) is 1. The molecule has 5 heteroatoms. The minimum Gasteiger partial charge on any atom is -0.294 e. The first kappa shape index (κ1) is 9.43. The topological polar surface area (TPSA) is 17.1 Å². The van der Waals surface area contributed by atoms with Gasteiger partial charge in [0, 0.05) is 14.6 Å². The van der Waals surface area contributed by atoms with E-state index in [1.54, 1.807) is 29.6 Å². The summed E-state index contributed by atoms with van der Waals surface area (Å²) < 4.78 is 3.54. The quantitative estimate of drug-likeness (QED) is 0.575. The van der Waals surface area contributed by atoms with Crippen molar-refractivity contribution in [2.24, 2.45) is 0 Å². The van der Waals surface area contributed by atoms with Gasteiger partial charge in [0.15, 0.2) is 5.78 Å². The zero-order valence-corrected chi connectivity index (χ0v) is 10.4. The third-order valence-corrected chi connectivity index (χ3v) is 5.75. The molecule has 0 aromatic carbocycles. The summed E-state index contributed by atoms with van der Waals surface area (Å²) in [7, 11) is 2.01. The largest absolute Gasteiger partial charge is 0.294 e. The molecule has 0 aliphatic rings. The second-order valence-electron chi connectivity index (χ2n) is 2.85. The average molecular weight is 273 g/mol. The van der Waals surface area contributed by atoms with Crippen LogP contribution in [0.15, 0.2) is 9.85 Å². The van der Waals surface area contributed by atoms with Gasteiger partial charge in [0.05, 0.1) is 9.58 Å². The van der Waals surface area contributed by atoms with Crippen LogP contribution in [0.1, 0.15) is 16.6 Å². The molecule has 0 fully saturated rings. The monoisotopic (exact) mass is 272 g/mol. The maximum Gasteiger partial charge on any atom is 0.169 e. The highest BCUT2D eigenvalue weighted by Crippen LogP contribution is 2.35. The Labute approximate surface area is 93.3 Å². The Bertz CT molecular complexity index is 486. The standard InChI is InChI=1S/C8H6BBrOS2/c1-3(11)6-5(9)8-7(13-6)4(10)2-12-8/h2H,9H2,1H3. The van der Waals surface area contributed by atoms with Crippen LogP contribution in [0.3, 0.4) is 0 Å². The lowest BCUT2D eigenvalue weighted by Gasteiger charge is -1.89. The van der Waals surface area contributed by atoms with Gasteiger partial charge in [-0.05, 0) is 22.9 Å². The number of carbonyl (C=O) groups is 1. The zero-order valence-electron chi connectivity index (χ0n) is 7.18. The first-order valence-electron chi connectivity index (χ1n) is 3.78. The zero-order chi connectivity index (χ0) is 9.59. The molecular weight excluding hydrogens is 267 g/mol. The number of ketones is 1. The summed E-state index contributed by atoms with van der Waals surface area (Å²) in [5, 5.41) is 2.07. The Morgan fingerprint density at radius 1 is 1.54 bits per heavy atom. The van der Waals surface area contributed by atoms with Gasteiger partial charge in [-0.1, -0.05) is 5.46 Å². The van der Waals surface area contributed by atoms with Crippen LogP contribution in [0.25, 0.3) is 9.40 Å². The van der Waals surface area contributed by atoms with Gasteiger partial charge in [0.1, 0.15) is 7.85 Å². The highest BCUT2D eigenvalue weighted by molar-refractivity contribution is 9.10. The first-order chi connectivity index (χ1) is 6.11. The Morgan fingerprint density at radius 2 is 2.23 bits per heavy atom. The second-order valence-corrected chi connectivity index (χ2v) is 5.61. The van der Waals surface area contributed by atoms with E-state index in [4.69, 9.17) is 0 Å². The van der Waals surface area contributed by atoms with Crippen LogP contribution in [-0.2, 0) is 0 Å². The van der Waals surface area contributed by atoms with E-state index >= 15 is 0 Å². The molecule has 2 rings (SSSR count). The fraction of sp³-hybridized carbons (Fsp3) is 0.125. The molecule has 0 saturated carbocycles. The molecule has 2 heterocycles. The van der Waals surface area contributed by atoms with E-state index in [-0.39, 0.29) is 5.78 Å². The molecular formula is C8H6BBrOS2. The highest BCUT2D eigenvalue weighted by Gasteiger charge is 2.14. The van der Waals surface area contributed by atoms with Crippen LogP contribution in [0.5, 0.6) is 0 Å².